The molecule has 1 rings (SSSR count). The van der Waals surface area contributed by atoms with Gasteiger partial charge in [-0.25, -0.2) is 0 Å². The topological polar surface area (TPSA) is 17.1 Å². The molecule has 1 aliphatic rings. The van der Waals surface area contributed by atoms with E-state index in [4.69, 9.17) is 0 Å². The van der Waals surface area contributed by atoms with E-state index >= 15 is 0 Å². The number of carbonyl (C=O) groups is 1. The molecule has 68 valence electrons. The first-order valence-electron chi connectivity index (χ1n) is 4.81. The number of hydrogen-bond donors (Lipinski definition) is 0. The Morgan fingerprint density at radius 1 is 1.58 bits per heavy atom. The van der Waals surface area contributed by atoms with Crippen molar-refractivity contribution >= 4 is 5.78 Å². The maximum absolute atomic E-state index is 11.0. The lowest BCUT2D eigenvalue weighted by Crippen LogP contribution is -2.14. The molecule has 0 aliphatic heterocycles. The molecule has 0 bridgehead atoms. The molecule has 0 saturated carbocycles. The third-order valence-electron chi connectivity index (χ3n) is 2.85. The van der Waals surface area contributed by atoms with E-state index in [1.165, 1.54) is 6.42 Å². The van der Waals surface area contributed by atoms with Gasteiger partial charge in [-0.15, -0.1) is 0 Å². The van der Waals surface area contributed by atoms with Crippen LogP contribution in [0.1, 0.15) is 40.0 Å². The average Bonchev–Trinajstić information content (AvgIpc) is 2.04. The minimum atomic E-state index is 0.261. The van der Waals surface area contributed by atoms with Crippen LogP contribution in [0, 0.1) is 11.8 Å². The molecule has 0 amide bonds. The number of hydrogen-bond acceptors (Lipinski definition) is 1. The van der Waals surface area contributed by atoms with Gasteiger partial charge >= 0.3 is 0 Å². The molecule has 0 N–H and O–H groups in total. The van der Waals surface area contributed by atoms with Crippen LogP contribution < -0.4 is 0 Å². The molecule has 1 aliphatic carbocycles. The molecule has 12 heavy (non-hydrogen) atoms. The molecular formula is C11H18O. The first kappa shape index (κ1) is 9.50. The Balaban J connectivity index is 2.53. The van der Waals surface area contributed by atoms with E-state index in [0.717, 1.165) is 30.3 Å². The van der Waals surface area contributed by atoms with Crippen LogP contribution in [0.5, 0.6) is 0 Å². The zero-order valence-corrected chi connectivity index (χ0v) is 8.26. The third-order valence-corrected chi connectivity index (χ3v) is 2.85. The van der Waals surface area contributed by atoms with Gasteiger partial charge in [-0.3, -0.25) is 4.79 Å². The number of ketones is 1. The molecule has 0 saturated heterocycles. The van der Waals surface area contributed by atoms with Crippen molar-refractivity contribution in [1.29, 1.82) is 0 Å². The van der Waals surface area contributed by atoms with Crippen molar-refractivity contribution in [1.82, 2.24) is 0 Å². The number of carbonyl (C=O) groups excluding carboxylic acids is 1. The summed E-state index contributed by atoms with van der Waals surface area (Å²) in [6.45, 7) is 6.19. The van der Waals surface area contributed by atoms with E-state index in [9.17, 15) is 4.79 Å². The van der Waals surface area contributed by atoms with E-state index in [1.807, 2.05) is 0 Å². The zero-order chi connectivity index (χ0) is 9.14. The quantitative estimate of drug-likeness (QED) is 0.616. The van der Waals surface area contributed by atoms with Crippen LogP contribution in [0.15, 0.2) is 11.6 Å². The van der Waals surface area contributed by atoms with Crippen LogP contribution in [0.2, 0.25) is 0 Å². The standard InChI is InChI=1S/C11H18O/c1-8(2)10-4-6-11(7-5-10)9(3)12/h6,8,10H,4-5,7H2,1-3H3. The molecule has 0 fully saturated rings. The van der Waals surface area contributed by atoms with Crippen molar-refractivity contribution in [3.8, 4) is 0 Å². The van der Waals surface area contributed by atoms with E-state index in [-0.39, 0.29) is 5.78 Å². The molecule has 1 atom stereocenters. The summed E-state index contributed by atoms with van der Waals surface area (Å²) >= 11 is 0. The molecule has 0 heterocycles. The Bertz CT molecular complexity index is 201. The highest BCUT2D eigenvalue weighted by Crippen LogP contribution is 2.29. The highest BCUT2D eigenvalue weighted by molar-refractivity contribution is 5.93. The SMILES string of the molecule is CC(=O)C1=CCC(C(C)C)CC1. The Morgan fingerprint density at radius 3 is 2.58 bits per heavy atom. The summed E-state index contributed by atoms with van der Waals surface area (Å²) in [6.07, 6.45) is 5.43. The fourth-order valence-electron chi connectivity index (χ4n) is 1.78. The Labute approximate surface area is 74.9 Å². The largest absolute Gasteiger partial charge is 0.295 e. The van der Waals surface area contributed by atoms with E-state index in [2.05, 4.69) is 19.9 Å². The smallest absolute Gasteiger partial charge is 0.155 e. The van der Waals surface area contributed by atoms with Gasteiger partial charge in [-0.05, 0) is 43.6 Å². The molecular weight excluding hydrogens is 148 g/mol. The van der Waals surface area contributed by atoms with Crippen molar-refractivity contribution in [2.75, 3.05) is 0 Å². The lowest BCUT2D eigenvalue weighted by Gasteiger charge is -2.23. The number of Topliss-reactive ketones (excluding diaryl/α,β-unsaturated/α-hetero) is 1. The summed E-state index contributed by atoms with van der Waals surface area (Å²) in [7, 11) is 0. The monoisotopic (exact) mass is 166 g/mol. The van der Waals surface area contributed by atoms with Gasteiger partial charge in [-0.2, -0.15) is 0 Å². The van der Waals surface area contributed by atoms with Crippen LogP contribution >= 0.6 is 0 Å². The fraction of sp³-hybridized carbons (Fsp3) is 0.727. The van der Waals surface area contributed by atoms with Crippen molar-refractivity contribution in [3.05, 3.63) is 11.6 Å². The summed E-state index contributed by atoms with van der Waals surface area (Å²) in [6, 6.07) is 0. The molecule has 0 aromatic heterocycles. The minimum absolute atomic E-state index is 0.261. The van der Waals surface area contributed by atoms with Gasteiger partial charge in [0.05, 0.1) is 0 Å². The van der Waals surface area contributed by atoms with E-state index in [1.54, 1.807) is 6.92 Å². The lowest BCUT2D eigenvalue weighted by molar-refractivity contribution is -0.113. The molecule has 0 aromatic carbocycles. The first-order chi connectivity index (χ1) is 5.61. The van der Waals surface area contributed by atoms with Crippen LogP contribution in [0.25, 0.3) is 0 Å². The van der Waals surface area contributed by atoms with Crippen molar-refractivity contribution in [2.45, 2.75) is 40.0 Å². The van der Waals surface area contributed by atoms with Gasteiger partial charge in [0.2, 0.25) is 0 Å². The van der Waals surface area contributed by atoms with Crippen molar-refractivity contribution in [2.24, 2.45) is 11.8 Å². The first-order valence-corrected chi connectivity index (χ1v) is 4.81. The second-order valence-corrected chi connectivity index (χ2v) is 4.06. The highest BCUT2D eigenvalue weighted by atomic mass is 16.1. The summed E-state index contributed by atoms with van der Waals surface area (Å²) in [4.78, 5) is 11.0. The molecule has 0 radical (unpaired) electrons. The van der Waals surface area contributed by atoms with Gasteiger partial charge in [0.15, 0.2) is 5.78 Å². The molecule has 1 heteroatoms. The Morgan fingerprint density at radius 2 is 2.25 bits per heavy atom. The van der Waals surface area contributed by atoms with Gasteiger partial charge in [0, 0.05) is 0 Å². The van der Waals surface area contributed by atoms with Crippen molar-refractivity contribution < 1.29 is 4.79 Å². The van der Waals surface area contributed by atoms with Gasteiger partial charge in [-0.1, -0.05) is 19.9 Å². The summed E-state index contributed by atoms with van der Waals surface area (Å²) in [5.41, 5.74) is 1.05. The Hall–Kier alpha value is -0.590. The van der Waals surface area contributed by atoms with Gasteiger partial charge in [0.1, 0.15) is 0 Å². The predicted molar refractivity (Wildman–Crippen MR) is 50.9 cm³/mol. The predicted octanol–water partition coefficient (Wildman–Crippen LogP) is 2.96. The zero-order valence-electron chi connectivity index (χ0n) is 8.26. The minimum Gasteiger partial charge on any atom is -0.295 e. The van der Waals surface area contributed by atoms with E-state index in [0.29, 0.717) is 0 Å². The molecule has 0 spiro atoms. The summed E-state index contributed by atoms with van der Waals surface area (Å²) < 4.78 is 0. The second-order valence-electron chi connectivity index (χ2n) is 4.06. The van der Waals surface area contributed by atoms with Crippen LogP contribution in [0.4, 0.5) is 0 Å². The lowest BCUT2D eigenvalue weighted by atomic mass is 9.82. The maximum Gasteiger partial charge on any atom is 0.155 e. The molecule has 0 aromatic rings. The summed E-state index contributed by atoms with van der Waals surface area (Å²) in [5.74, 6) is 1.82. The summed E-state index contributed by atoms with van der Waals surface area (Å²) in [5, 5.41) is 0. The number of allylic oxidation sites excluding steroid dienone is 2. The van der Waals surface area contributed by atoms with Crippen LogP contribution in [-0.4, -0.2) is 5.78 Å². The normalized spacial score (nSPS) is 24.0. The number of rotatable bonds is 2. The van der Waals surface area contributed by atoms with Gasteiger partial charge in [0.25, 0.3) is 0 Å². The fourth-order valence-corrected chi connectivity index (χ4v) is 1.78. The van der Waals surface area contributed by atoms with Crippen molar-refractivity contribution in [3.63, 3.8) is 0 Å². The average molecular weight is 166 g/mol. The van der Waals surface area contributed by atoms with Crippen LogP contribution in [0.3, 0.4) is 0 Å². The Kier molecular flexibility index (Phi) is 3.07. The maximum atomic E-state index is 11.0. The second kappa shape index (κ2) is 3.88. The highest BCUT2D eigenvalue weighted by Gasteiger charge is 2.18. The van der Waals surface area contributed by atoms with Crippen LogP contribution in [-0.2, 0) is 4.79 Å². The van der Waals surface area contributed by atoms with E-state index < -0.39 is 0 Å². The molecule has 1 unspecified atom stereocenters. The third kappa shape index (κ3) is 2.20. The van der Waals surface area contributed by atoms with Gasteiger partial charge < -0.3 is 0 Å². The molecule has 1 nitrogen and oxygen atoms in total.